The summed E-state index contributed by atoms with van der Waals surface area (Å²) >= 11 is 8.22. The van der Waals surface area contributed by atoms with Gasteiger partial charge in [0.15, 0.2) is 5.79 Å². The van der Waals surface area contributed by atoms with Crippen LogP contribution >= 0.6 is 22.9 Å². The van der Waals surface area contributed by atoms with Gasteiger partial charge in [-0.05, 0) is 35.7 Å². The molecule has 0 saturated carbocycles. The molecule has 2 aromatic heterocycles. The molecule has 0 radical (unpaired) electrons. The molecule has 1 aliphatic carbocycles. The third kappa shape index (κ3) is 4.06. The summed E-state index contributed by atoms with van der Waals surface area (Å²) in [5.74, 6) is 0.974. The lowest BCUT2D eigenvalue weighted by Crippen LogP contribution is -2.36. The largest absolute Gasteiger partial charge is 0.487 e. The Kier molecular flexibility index (Phi) is 5.42. The van der Waals surface area contributed by atoms with Gasteiger partial charge in [0.25, 0.3) is 0 Å². The van der Waals surface area contributed by atoms with Gasteiger partial charge < -0.3 is 19.5 Å². The number of anilines is 2. The first-order chi connectivity index (χ1) is 16.2. The zero-order valence-corrected chi connectivity index (χ0v) is 19.4. The maximum absolute atomic E-state index is 6.52. The number of benzene rings is 2. The molecule has 3 heterocycles. The summed E-state index contributed by atoms with van der Waals surface area (Å²) in [4.78, 5) is 11.3. The van der Waals surface area contributed by atoms with Crippen LogP contribution in [0.3, 0.4) is 0 Å². The van der Waals surface area contributed by atoms with E-state index in [0.717, 1.165) is 46.5 Å². The van der Waals surface area contributed by atoms with Crippen LogP contribution in [0.1, 0.15) is 22.4 Å². The summed E-state index contributed by atoms with van der Waals surface area (Å²) in [6, 6.07) is 15.7. The Bertz CT molecular complexity index is 1310. The lowest BCUT2D eigenvalue weighted by Gasteiger charge is -2.31. The van der Waals surface area contributed by atoms with E-state index >= 15 is 0 Å². The fourth-order valence-corrected chi connectivity index (χ4v) is 6.01. The topological polar surface area (TPSA) is 65.5 Å². The van der Waals surface area contributed by atoms with E-state index < -0.39 is 5.79 Å². The van der Waals surface area contributed by atoms with Gasteiger partial charge in [-0.1, -0.05) is 41.9 Å². The van der Waals surface area contributed by atoms with Crippen LogP contribution in [0.25, 0.3) is 10.2 Å². The zero-order valence-electron chi connectivity index (χ0n) is 17.8. The molecule has 2 aromatic carbocycles. The number of hydrogen-bond donors (Lipinski definition) is 1. The van der Waals surface area contributed by atoms with Gasteiger partial charge in [-0.25, -0.2) is 9.97 Å². The highest BCUT2D eigenvalue weighted by Gasteiger charge is 2.41. The molecule has 4 aromatic rings. The summed E-state index contributed by atoms with van der Waals surface area (Å²) in [6.45, 7) is 1.80. The predicted molar refractivity (Wildman–Crippen MR) is 130 cm³/mol. The number of nitrogens with zero attached hydrogens (tertiary/aromatic N) is 2. The fourth-order valence-electron chi connectivity index (χ4n) is 4.50. The summed E-state index contributed by atoms with van der Waals surface area (Å²) < 4.78 is 17.8. The average Bonchev–Trinajstić information content (AvgIpc) is 3.44. The quantitative estimate of drug-likeness (QED) is 0.384. The fraction of sp³-hybridized carbons (Fsp3) is 0.280. The molecule has 6 nitrogen and oxygen atoms in total. The highest BCUT2D eigenvalue weighted by molar-refractivity contribution is 7.19. The minimum absolute atomic E-state index is 0.460. The molecular formula is C25H22ClN3O3S. The van der Waals surface area contributed by atoms with Gasteiger partial charge in [0.1, 0.15) is 29.3 Å². The first-order valence-electron chi connectivity index (χ1n) is 11.0. The number of nitrogens with one attached hydrogen (secondary N) is 1. The van der Waals surface area contributed by atoms with Crippen LogP contribution in [0.15, 0.2) is 54.9 Å². The lowest BCUT2D eigenvalue weighted by atomic mass is 9.92. The van der Waals surface area contributed by atoms with E-state index in [-0.39, 0.29) is 0 Å². The number of hydrogen-bond acceptors (Lipinski definition) is 7. The monoisotopic (exact) mass is 479 g/mol. The lowest BCUT2D eigenvalue weighted by molar-refractivity contribution is -0.163. The number of fused-ring (bicyclic) bond motifs is 3. The first-order valence-corrected chi connectivity index (χ1v) is 12.2. The number of halogens is 1. The van der Waals surface area contributed by atoms with Crippen molar-refractivity contribution in [2.24, 2.45) is 0 Å². The number of ether oxygens (including phenoxy) is 3. The highest BCUT2D eigenvalue weighted by Crippen LogP contribution is 2.44. The molecule has 1 saturated heterocycles. The molecule has 6 rings (SSSR count). The minimum Gasteiger partial charge on any atom is -0.487 e. The van der Waals surface area contributed by atoms with E-state index in [0.29, 0.717) is 30.6 Å². The van der Waals surface area contributed by atoms with Crippen molar-refractivity contribution in [1.29, 1.82) is 0 Å². The van der Waals surface area contributed by atoms with E-state index in [4.69, 9.17) is 25.8 Å². The Balaban J connectivity index is 1.24. The maximum atomic E-state index is 6.52. The van der Waals surface area contributed by atoms with Crippen LogP contribution in [0.4, 0.5) is 11.5 Å². The third-order valence-corrected chi connectivity index (χ3v) is 7.54. The molecule has 2 aliphatic rings. The first kappa shape index (κ1) is 20.9. The van der Waals surface area contributed by atoms with Crippen molar-refractivity contribution in [3.8, 4) is 5.75 Å². The molecular weight excluding hydrogens is 458 g/mol. The summed E-state index contributed by atoms with van der Waals surface area (Å²) in [7, 11) is 0. The van der Waals surface area contributed by atoms with Gasteiger partial charge in [-0.2, -0.15) is 0 Å². The number of thiophene rings is 1. The predicted octanol–water partition coefficient (Wildman–Crippen LogP) is 5.90. The molecule has 168 valence electrons. The number of aryl methyl sites for hydroxylation is 1. The molecule has 33 heavy (non-hydrogen) atoms. The Morgan fingerprint density at radius 3 is 2.76 bits per heavy atom. The molecule has 1 aliphatic heterocycles. The smallest absolute Gasteiger partial charge is 0.173 e. The summed E-state index contributed by atoms with van der Waals surface area (Å²) in [5, 5.41) is 5.06. The second-order valence-electron chi connectivity index (χ2n) is 8.24. The van der Waals surface area contributed by atoms with Crippen LogP contribution in [0, 0.1) is 0 Å². The van der Waals surface area contributed by atoms with Crippen LogP contribution < -0.4 is 10.1 Å². The second kappa shape index (κ2) is 8.57. The van der Waals surface area contributed by atoms with E-state index in [1.165, 1.54) is 10.4 Å². The van der Waals surface area contributed by atoms with Gasteiger partial charge in [0.2, 0.25) is 0 Å². The Morgan fingerprint density at radius 2 is 1.94 bits per heavy atom. The van der Waals surface area contributed by atoms with Gasteiger partial charge in [0, 0.05) is 23.4 Å². The van der Waals surface area contributed by atoms with Crippen molar-refractivity contribution in [1.82, 2.24) is 9.97 Å². The SMILES string of the molecule is Clc1cc(Nc2ncnc3sc4c(c23)CCC2(C4)OCCO2)ccc1OCc1ccccc1. The van der Waals surface area contributed by atoms with E-state index in [1.807, 2.05) is 48.5 Å². The molecule has 0 amide bonds. The number of aromatic nitrogens is 2. The molecule has 1 spiro atoms. The van der Waals surface area contributed by atoms with Gasteiger partial charge in [-0.15, -0.1) is 11.3 Å². The van der Waals surface area contributed by atoms with Crippen LogP contribution in [0.5, 0.6) is 5.75 Å². The van der Waals surface area contributed by atoms with Crippen LogP contribution in [0.2, 0.25) is 5.02 Å². The zero-order chi connectivity index (χ0) is 22.3. The standard InChI is InChI=1S/C25H22ClN3O3S/c26-19-12-17(6-7-20(19)30-14-16-4-2-1-3-5-16)29-23-22-18-8-9-25(31-10-11-32-25)13-21(18)33-24(22)28-15-27-23/h1-7,12,15H,8-11,13-14H2,(H,27,28,29). The Labute approximate surface area is 200 Å². The Hall–Kier alpha value is -2.71. The summed E-state index contributed by atoms with van der Waals surface area (Å²) in [6.07, 6.45) is 4.09. The van der Waals surface area contributed by atoms with E-state index in [2.05, 4.69) is 15.3 Å². The normalized spacial score (nSPS) is 16.8. The van der Waals surface area contributed by atoms with Crippen molar-refractivity contribution in [2.75, 3.05) is 18.5 Å². The van der Waals surface area contributed by atoms with E-state index in [9.17, 15) is 0 Å². The molecule has 0 bridgehead atoms. The molecule has 1 fully saturated rings. The third-order valence-electron chi connectivity index (χ3n) is 6.10. The summed E-state index contributed by atoms with van der Waals surface area (Å²) in [5.41, 5.74) is 3.23. The molecule has 0 unspecified atom stereocenters. The second-order valence-corrected chi connectivity index (χ2v) is 9.73. The maximum Gasteiger partial charge on any atom is 0.173 e. The van der Waals surface area contributed by atoms with Gasteiger partial charge >= 0.3 is 0 Å². The van der Waals surface area contributed by atoms with Crippen molar-refractivity contribution >= 4 is 44.7 Å². The van der Waals surface area contributed by atoms with Crippen LogP contribution in [-0.2, 0) is 28.9 Å². The van der Waals surface area contributed by atoms with Gasteiger partial charge in [-0.3, -0.25) is 0 Å². The van der Waals surface area contributed by atoms with Crippen molar-refractivity contribution in [3.63, 3.8) is 0 Å². The molecule has 0 atom stereocenters. The average molecular weight is 480 g/mol. The van der Waals surface area contributed by atoms with Crippen molar-refractivity contribution in [2.45, 2.75) is 31.7 Å². The van der Waals surface area contributed by atoms with Crippen molar-refractivity contribution in [3.05, 3.63) is 75.9 Å². The van der Waals surface area contributed by atoms with Crippen LogP contribution in [-0.4, -0.2) is 29.0 Å². The molecule has 8 heteroatoms. The van der Waals surface area contributed by atoms with Gasteiger partial charge in [0.05, 0.1) is 23.6 Å². The minimum atomic E-state index is -0.460. The number of rotatable bonds is 5. The van der Waals surface area contributed by atoms with Crippen molar-refractivity contribution < 1.29 is 14.2 Å². The highest BCUT2D eigenvalue weighted by atomic mass is 35.5. The Morgan fingerprint density at radius 1 is 1.09 bits per heavy atom. The molecule has 1 N–H and O–H groups in total. The van der Waals surface area contributed by atoms with E-state index in [1.54, 1.807) is 17.7 Å².